The molecular weight excluding hydrogens is 564 g/mol. The predicted molar refractivity (Wildman–Crippen MR) is 158 cm³/mol. The number of anilines is 3. The first-order valence-corrected chi connectivity index (χ1v) is 15.7. The van der Waals surface area contributed by atoms with E-state index in [1.165, 1.54) is 30.4 Å². The number of fused-ring (bicyclic) bond motifs is 1. The van der Waals surface area contributed by atoms with E-state index in [1.54, 1.807) is 43.1 Å². The minimum Gasteiger partial charge on any atom is -0.372 e. The van der Waals surface area contributed by atoms with Gasteiger partial charge in [-0.3, -0.25) is 14.5 Å². The summed E-state index contributed by atoms with van der Waals surface area (Å²) in [6.45, 7) is 5.94. The van der Waals surface area contributed by atoms with Crippen molar-refractivity contribution in [3.63, 3.8) is 0 Å². The third-order valence-electron chi connectivity index (χ3n) is 7.76. The molecule has 3 heterocycles. The van der Waals surface area contributed by atoms with Crippen LogP contribution in [0.5, 0.6) is 0 Å². The Morgan fingerprint density at radius 2 is 1.95 bits per heavy atom. The van der Waals surface area contributed by atoms with E-state index < -0.39 is 16.1 Å². The highest BCUT2D eigenvalue weighted by atomic mass is 32.2. The molecule has 0 saturated heterocycles. The van der Waals surface area contributed by atoms with Crippen LogP contribution >= 0.6 is 11.3 Å². The van der Waals surface area contributed by atoms with E-state index in [9.17, 15) is 18.0 Å². The summed E-state index contributed by atoms with van der Waals surface area (Å²) in [5.41, 5.74) is 2.33. The Morgan fingerprint density at radius 3 is 2.61 bits per heavy atom. The number of sulfonamides is 1. The van der Waals surface area contributed by atoms with Gasteiger partial charge >= 0.3 is 0 Å². The van der Waals surface area contributed by atoms with Crippen molar-refractivity contribution in [2.24, 2.45) is 5.92 Å². The smallest absolute Gasteiger partial charge is 0.256 e. The topological polar surface area (TPSA) is 134 Å². The Balaban J connectivity index is 1.47. The molecule has 2 aliphatic rings. The van der Waals surface area contributed by atoms with E-state index in [2.05, 4.69) is 20.0 Å². The van der Waals surface area contributed by atoms with Crippen LogP contribution in [0.4, 0.5) is 16.8 Å². The number of carbonyl (C=O) groups excluding carboxylic acids is 2. The van der Waals surface area contributed by atoms with E-state index in [4.69, 9.17) is 4.74 Å². The van der Waals surface area contributed by atoms with Gasteiger partial charge in [-0.25, -0.2) is 23.1 Å². The second kappa shape index (κ2) is 11.1. The number of amides is 2. The van der Waals surface area contributed by atoms with E-state index >= 15 is 0 Å². The first-order valence-electron chi connectivity index (χ1n) is 13.4. The van der Waals surface area contributed by atoms with Crippen molar-refractivity contribution in [2.75, 3.05) is 31.4 Å². The maximum Gasteiger partial charge on any atom is 0.256 e. The van der Waals surface area contributed by atoms with Crippen LogP contribution in [0.25, 0.3) is 10.4 Å². The SMILES string of the molecule is CNS(=O)(=O)c1cc(-c2sc(Nc3cccc(N(C)C(=O)C(C)OC)n3)nc2C)cc2c1C(=O)N([C@@H](C)C1CC1)C2. The number of hydrogen-bond acceptors (Lipinski definition) is 9. The number of nitrogens with zero attached hydrogens (tertiary/aromatic N) is 4. The number of thiazole rings is 1. The molecule has 218 valence electrons. The fourth-order valence-electron chi connectivity index (χ4n) is 5.05. The molecule has 5 rings (SSSR count). The van der Waals surface area contributed by atoms with Gasteiger partial charge < -0.3 is 15.0 Å². The Kier molecular flexibility index (Phi) is 7.90. The van der Waals surface area contributed by atoms with Crippen molar-refractivity contribution in [1.29, 1.82) is 0 Å². The third kappa shape index (κ3) is 5.59. The first-order chi connectivity index (χ1) is 19.4. The zero-order valence-electron chi connectivity index (χ0n) is 23.9. The number of methoxy groups -OCH3 is 1. The normalized spacial score (nSPS) is 16.4. The van der Waals surface area contributed by atoms with Crippen LogP contribution in [0.2, 0.25) is 0 Å². The molecule has 1 unspecified atom stereocenters. The van der Waals surface area contributed by atoms with E-state index in [0.717, 1.165) is 17.7 Å². The average Bonchev–Trinajstić information content (AvgIpc) is 3.68. The average molecular weight is 599 g/mol. The number of rotatable bonds is 10. The Labute approximate surface area is 244 Å². The van der Waals surface area contributed by atoms with Crippen molar-refractivity contribution in [1.82, 2.24) is 19.6 Å². The van der Waals surface area contributed by atoms with Gasteiger partial charge in [0.25, 0.3) is 11.8 Å². The maximum absolute atomic E-state index is 13.4. The van der Waals surface area contributed by atoms with Crippen molar-refractivity contribution in [3.05, 3.63) is 47.2 Å². The number of pyridine rings is 1. The quantitative estimate of drug-likeness (QED) is 0.359. The summed E-state index contributed by atoms with van der Waals surface area (Å²) < 4.78 is 33.7. The molecule has 11 nitrogen and oxygen atoms in total. The van der Waals surface area contributed by atoms with Crippen LogP contribution in [0.15, 0.2) is 35.2 Å². The Bertz CT molecular complexity index is 1620. The van der Waals surface area contributed by atoms with Gasteiger partial charge in [-0.2, -0.15) is 0 Å². The van der Waals surface area contributed by atoms with Gasteiger partial charge in [0.1, 0.15) is 17.7 Å². The monoisotopic (exact) mass is 598 g/mol. The summed E-state index contributed by atoms with van der Waals surface area (Å²) in [6.07, 6.45) is 1.56. The Morgan fingerprint density at radius 1 is 1.22 bits per heavy atom. The van der Waals surface area contributed by atoms with Crippen molar-refractivity contribution in [2.45, 2.75) is 57.2 Å². The van der Waals surface area contributed by atoms with Gasteiger partial charge in [-0.1, -0.05) is 17.4 Å². The molecule has 2 atom stereocenters. The first kappa shape index (κ1) is 29.1. The van der Waals surface area contributed by atoms with Gasteiger partial charge in [0, 0.05) is 26.7 Å². The second-order valence-electron chi connectivity index (χ2n) is 10.4. The molecule has 0 bridgehead atoms. The van der Waals surface area contributed by atoms with Crippen molar-refractivity contribution in [3.8, 4) is 10.4 Å². The second-order valence-corrected chi connectivity index (χ2v) is 13.3. The summed E-state index contributed by atoms with van der Waals surface area (Å²) in [4.78, 5) is 39.1. The van der Waals surface area contributed by atoms with Gasteiger partial charge in [0.2, 0.25) is 10.0 Å². The number of likely N-dealkylation sites (N-methyl/N-ethyl adjacent to an activating group) is 1. The zero-order chi connectivity index (χ0) is 29.6. The number of nitrogens with one attached hydrogen (secondary N) is 2. The molecule has 1 fully saturated rings. The fourth-order valence-corrected chi connectivity index (χ4v) is 7.00. The van der Waals surface area contributed by atoms with Gasteiger partial charge in [0.05, 0.1) is 21.0 Å². The van der Waals surface area contributed by atoms with Gasteiger partial charge in [-0.05, 0) is 82.0 Å². The third-order valence-corrected chi connectivity index (χ3v) is 10.3. The van der Waals surface area contributed by atoms with Crippen LogP contribution in [0, 0.1) is 12.8 Å². The van der Waals surface area contributed by atoms with Crippen LogP contribution in [-0.2, 0) is 26.1 Å². The largest absolute Gasteiger partial charge is 0.372 e. The number of hydrogen-bond donors (Lipinski definition) is 2. The number of ether oxygens (including phenoxy) is 1. The molecule has 41 heavy (non-hydrogen) atoms. The summed E-state index contributed by atoms with van der Waals surface area (Å²) in [6, 6.07) is 8.81. The van der Waals surface area contributed by atoms with E-state index in [0.29, 0.717) is 46.1 Å². The highest BCUT2D eigenvalue weighted by molar-refractivity contribution is 7.89. The lowest BCUT2D eigenvalue weighted by Crippen LogP contribution is -2.36. The molecular formula is C28H34N6O5S2. The molecule has 1 aromatic carbocycles. The maximum atomic E-state index is 13.4. The van der Waals surface area contributed by atoms with E-state index in [-0.39, 0.29) is 28.3 Å². The number of carbonyl (C=O) groups is 2. The fraction of sp³-hybridized carbons (Fsp3) is 0.429. The molecule has 2 N–H and O–H groups in total. The Hall–Kier alpha value is -3.39. The number of aryl methyl sites for hydroxylation is 1. The number of aromatic nitrogens is 2. The minimum atomic E-state index is -3.90. The van der Waals surface area contributed by atoms with Crippen molar-refractivity contribution < 1.29 is 22.7 Å². The molecule has 0 radical (unpaired) electrons. The highest BCUT2D eigenvalue weighted by Gasteiger charge is 2.41. The summed E-state index contributed by atoms with van der Waals surface area (Å²) in [5, 5.41) is 3.76. The van der Waals surface area contributed by atoms with Gasteiger partial charge in [-0.15, -0.1) is 0 Å². The minimum absolute atomic E-state index is 0.0161. The van der Waals surface area contributed by atoms with Crippen LogP contribution in [-0.4, -0.2) is 68.5 Å². The molecule has 3 aromatic rings. The van der Waals surface area contributed by atoms with Crippen molar-refractivity contribution >= 4 is 49.9 Å². The standard InChI is InChI=1S/C28H34N6O5S2/c1-15-25(40-28(30-15)32-22-8-7-9-23(31-22)33(5)26(35)17(3)39-6)19-12-20-14-34(16(2)18-10-11-18)27(36)24(20)21(13-19)41(37,38)29-4/h7-9,12-13,16-18,29H,10-11,14H2,1-6H3,(H,30,31,32)/t16-,17?/m0/s1. The molecule has 2 aromatic heterocycles. The lowest BCUT2D eigenvalue weighted by molar-refractivity contribution is -0.127. The summed E-state index contributed by atoms with van der Waals surface area (Å²) in [5.74, 6) is 0.945. The lowest BCUT2D eigenvalue weighted by Gasteiger charge is -2.24. The van der Waals surface area contributed by atoms with Crippen LogP contribution < -0.4 is 14.9 Å². The molecule has 1 saturated carbocycles. The zero-order valence-corrected chi connectivity index (χ0v) is 25.5. The molecule has 2 amide bonds. The molecule has 1 aliphatic heterocycles. The van der Waals surface area contributed by atoms with Crippen LogP contribution in [0.1, 0.15) is 48.3 Å². The lowest BCUT2D eigenvalue weighted by atomic mass is 10.0. The molecule has 13 heteroatoms. The highest BCUT2D eigenvalue weighted by Crippen LogP contribution is 2.42. The molecule has 1 aliphatic carbocycles. The summed E-state index contributed by atoms with van der Waals surface area (Å²) in [7, 11) is 0.558. The van der Waals surface area contributed by atoms with Crippen LogP contribution in [0.3, 0.4) is 0 Å². The predicted octanol–water partition coefficient (Wildman–Crippen LogP) is 3.92. The van der Waals surface area contributed by atoms with Gasteiger partial charge in [0.15, 0.2) is 5.13 Å². The number of benzene rings is 1. The summed E-state index contributed by atoms with van der Waals surface area (Å²) >= 11 is 1.36. The van der Waals surface area contributed by atoms with E-state index in [1.807, 2.05) is 19.9 Å². The molecule has 0 spiro atoms.